The predicted molar refractivity (Wildman–Crippen MR) is 67.6 cm³/mol. The van der Waals surface area contributed by atoms with Gasteiger partial charge in [-0.2, -0.15) is 0 Å². The lowest BCUT2D eigenvalue weighted by Gasteiger charge is -2.40. The Labute approximate surface area is 101 Å². The van der Waals surface area contributed by atoms with E-state index in [9.17, 15) is 4.39 Å². The fraction of sp³-hybridized carbons (Fsp3) is 0.538. The second-order valence-electron chi connectivity index (χ2n) is 4.78. The third-order valence-electron chi connectivity index (χ3n) is 3.63. The van der Waals surface area contributed by atoms with Crippen molar-refractivity contribution in [2.75, 3.05) is 24.7 Å². The number of nitrogens with one attached hydrogen (secondary N) is 1. The Hall–Kier alpha value is -1.29. The van der Waals surface area contributed by atoms with Crippen molar-refractivity contribution in [3.8, 4) is 0 Å². The highest BCUT2D eigenvalue weighted by atomic mass is 19.1. The molecule has 2 rings (SSSR count). The predicted octanol–water partition coefficient (Wildman–Crippen LogP) is 2.70. The number of benzene rings is 1. The van der Waals surface area contributed by atoms with Gasteiger partial charge < -0.3 is 15.8 Å². The first-order valence-corrected chi connectivity index (χ1v) is 5.91. The summed E-state index contributed by atoms with van der Waals surface area (Å²) in [6, 6.07) is 3.10. The SMILES string of the molecule is COC1(CNc2cc(C)c(F)cc2N)CCC1. The van der Waals surface area contributed by atoms with Gasteiger partial charge in [0, 0.05) is 13.7 Å². The van der Waals surface area contributed by atoms with E-state index in [0.717, 1.165) is 25.1 Å². The Morgan fingerprint density at radius 3 is 2.71 bits per heavy atom. The van der Waals surface area contributed by atoms with Crippen LogP contribution in [0.5, 0.6) is 0 Å². The summed E-state index contributed by atoms with van der Waals surface area (Å²) in [6.07, 6.45) is 3.33. The van der Waals surface area contributed by atoms with Crippen molar-refractivity contribution in [1.29, 1.82) is 0 Å². The van der Waals surface area contributed by atoms with E-state index in [4.69, 9.17) is 10.5 Å². The Morgan fingerprint density at radius 2 is 2.18 bits per heavy atom. The summed E-state index contributed by atoms with van der Waals surface area (Å²) in [4.78, 5) is 0. The molecule has 0 heterocycles. The van der Waals surface area contributed by atoms with E-state index in [1.165, 1.54) is 12.5 Å². The molecule has 0 unspecified atom stereocenters. The zero-order chi connectivity index (χ0) is 12.5. The fourth-order valence-corrected chi connectivity index (χ4v) is 2.13. The second kappa shape index (κ2) is 4.53. The molecule has 0 spiro atoms. The fourth-order valence-electron chi connectivity index (χ4n) is 2.13. The van der Waals surface area contributed by atoms with Crippen LogP contribution in [0.1, 0.15) is 24.8 Å². The maximum atomic E-state index is 13.2. The number of methoxy groups -OCH3 is 1. The van der Waals surface area contributed by atoms with E-state index in [0.29, 0.717) is 11.3 Å². The van der Waals surface area contributed by atoms with Crippen molar-refractivity contribution < 1.29 is 9.13 Å². The molecule has 0 aliphatic heterocycles. The molecule has 1 saturated carbocycles. The molecule has 17 heavy (non-hydrogen) atoms. The topological polar surface area (TPSA) is 47.3 Å². The van der Waals surface area contributed by atoms with Gasteiger partial charge in [0.05, 0.1) is 17.0 Å². The Balaban J connectivity index is 2.06. The molecule has 94 valence electrons. The largest absolute Gasteiger partial charge is 0.397 e. The van der Waals surface area contributed by atoms with Crippen LogP contribution >= 0.6 is 0 Å². The van der Waals surface area contributed by atoms with Crippen LogP contribution < -0.4 is 11.1 Å². The number of nitrogens with two attached hydrogens (primary N) is 1. The van der Waals surface area contributed by atoms with Gasteiger partial charge in [0.2, 0.25) is 0 Å². The third kappa shape index (κ3) is 2.36. The molecule has 0 radical (unpaired) electrons. The summed E-state index contributed by atoms with van der Waals surface area (Å²) >= 11 is 0. The highest BCUT2D eigenvalue weighted by Gasteiger charge is 2.36. The number of rotatable bonds is 4. The van der Waals surface area contributed by atoms with Gasteiger partial charge in [0.15, 0.2) is 0 Å². The lowest BCUT2D eigenvalue weighted by molar-refractivity contribution is -0.0601. The maximum Gasteiger partial charge on any atom is 0.128 e. The summed E-state index contributed by atoms with van der Waals surface area (Å²) in [6.45, 7) is 2.45. The van der Waals surface area contributed by atoms with Crippen LogP contribution in [0.25, 0.3) is 0 Å². The number of hydrogen-bond donors (Lipinski definition) is 2. The minimum absolute atomic E-state index is 0.0608. The summed E-state index contributed by atoms with van der Waals surface area (Å²) < 4.78 is 18.8. The van der Waals surface area contributed by atoms with Gasteiger partial charge in [-0.25, -0.2) is 4.39 Å². The number of hydrogen-bond acceptors (Lipinski definition) is 3. The van der Waals surface area contributed by atoms with Crippen molar-refractivity contribution in [3.63, 3.8) is 0 Å². The van der Waals surface area contributed by atoms with Crippen LogP contribution in [-0.2, 0) is 4.74 Å². The van der Waals surface area contributed by atoms with Crippen LogP contribution in [0.2, 0.25) is 0 Å². The van der Waals surface area contributed by atoms with Gasteiger partial charge >= 0.3 is 0 Å². The second-order valence-corrected chi connectivity index (χ2v) is 4.78. The molecule has 3 N–H and O–H groups in total. The Morgan fingerprint density at radius 1 is 1.47 bits per heavy atom. The molecule has 1 fully saturated rings. The smallest absolute Gasteiger partial charge is 0.128 e. The zero-order valence-corrected chi connectivity index (χ0v) is 10.3. The van der Waals surface area contributed by atoms with Crippen LogP contribution in [0.3, 0.4) is 0 Å². The van der Waals surface area contributed by atoms with E-state index in [1.54, 1.807) is 20.1 Å². The standard InChI is InChI=1S/C13H19FN2O/c1-9-6-12(11(15)7-10(9)14)16-8-13(17-2)4-3-5-13/h6-7,16H,3-5,8,15H2,1-2H3. The van der Waals surface area contributed by atoms with Gasteiger partial charge in [-0.15, -0.1) is 0 Å². The van der Waals surface area contributed by atoms with Crippen LogP contribution in [0, 0.1) is 12.7 Å². The Kier molecular flexibility index (Phi) is 3.24. The number of anilines is 2. The molecule has 0 saturated heterocycles. The van der Waals surface area contributed by atoms with E-state index in [1.807, 2.05) is 0 Å². The Bertz CT molecular complexity index is 411. The molecule has 0 aromatic heterocycles. The minimum Gasteiger partial charge on any atom is -0.397 e. The molecular formula is C13H19FN2O. The molecule has 4 heteroatoms. The first-order valence-electron chi connectivity index (χ1n) is 5.91. The van der Waals surface area contributed by atoms with E-state index < -0.39 is 0 Å². The summed E-state index contributed by atoms with van der Waals surface area (Å²) in [5, 5.41) is 3.26. The van der Waals surface area contributed by atoms with Gasteiger partial charge in [-0.3, -0.25) is 0 Å². The van der Waals surface area contributed by atoms with Crippen LogP contribution in [0.15, 0.2) is 12.1 Å². The molecule has 0 atom stereocenters. The molecule has 0 bridgehead atoms. The maximum absolute atomic E-state index is 13.2. The van der Waals surface area contributed by atoms with Gasteiger partial charge in [0.1, 0.15) is 5.82 Å². The van der Waals surface area contributed by atoms with Crippen molar-refractivity contribution in [2.45, 2.75) is 31.8 Å². The van der Waals surface area contributed by atoms with Gasteiger partial charge in [-0.05, 0) is 43.9 Å². The molecule has 1 aliphatic carbocycles. The lowest BCUT2D eigenvalue weighted by atomic mass is 9.80. The zero-order valence-electron chi connectivity index (χ0n) is 10.3. The summed E-state index contributed by atoms with van der Waals surface area (Å²) in [5.41, 5.74) is 7.54. The summed E-state index contributed by atoms with van der Waals surface area (Å²) in [7, 11) is 1.74. The highest BCUT2D eigenvalue weighted by Crippen LogP contribution is 2.35. The minimum atomic E-state index is -0.266. The third-order valence-corrected chi connectivity index (χ3v) is 3.63. The van der Waals surface area contributed by atoms with Crippen molar-refractivity contribution in [2.24, 2.45) is 0 Å². The number of halogens is 1. The number of aryl methyl sites for hydroxylation is 1. The average molecular weight is 238 g/mol. The molecule has 0 amide bonds. The van der Waals surface area contributed by atoms with Crippen molar-refractivity contribution in [1.82, 2.24) is 0 Å². The summed E-state index contributed by atoms with van der Waals surface area (Å²) in [5.74, 6) is -0.266. The van der Waals surface area contributed by atoms with E-state index >= 15 is 0 Å². The molecule has 1 aromatic carbocycles. The number of nitrogen functional groups attached to an aromatic ring is 1. The lowest BCUT2D eigenvalue weighted by Crippen LogP contribution is -2.45. The van der Waals surface area contributed by atoms with Crippen molar-refractivity contribution in [3.05, 3.63) is 23.5 Å². The molecular weight excluding hydrogens is 219 g/mol. The first-order chi connectivity index (χ1) is 8.06. The molecule has 1 aliphatic rings. The van der Waals surface area contributed by atoms with Gasteiger partial charge in [-0.1, -0.05) is 0 Å². The quantitative estimate of drug-likeness (QED) is 0.793. The number of ether oxygens (including phenoxy) is 1. The van der Waals surface area contributed by atoms with Gasteiger partial charge in [0.25, 0.3) is 0 Å². The van der Waals surface area contributed by atoms with E-state index in [2.05, 4.69) is 5.32 Å². The molecule has 1 aromatic rings. The van der Waals surface area contributed by atoms with E-state index in [-0.39, 0.29) is 11.4 Å². The monoisotopic (exact) mass is 238 g/mol. The highest BCUT2D eigenvalue weighted by molar-refractivity contribution is 5.67. The normalized spacial score (nSPS) is 17.6. The van der Waals surface area contributed by atoms with Crippen LogP contribution in [0.4, 0.5) is 15.8 Å². The first kappa shape index (κ1) is 12.2. The van der Waals surface area contributed by atoms with Crippen molar-refractivity contribution >= 4 is 11.4 Å². The van der Waals surface area contributed by atoms with Crippen LogP contribution in [-0.4, -0.2) is 19.3 Å². The average Bonchev–Trinajstić information content (AvgIpc) is 2.24. The molecule has 3 nitrogen and oxygen atoms in total.